The Morgan fingerprint density at radius 2 is 2.29 bits per heavy atom. The summed E-state index contributed by atoms with van der Waals surface area (Å²) in [5, 5.41) is 8.92. The molecule has 1 fully saturated rings. The molecule has 3 heteroatoms. The zero-order chi connectivity index (χ0) is 12.4. The van der Waals surface area contributed by atoms with Crippen molar-refractivity contribution in [2.75, 3.05) is 11.4 Å². The molecule has 17 heavy (non-hydrogen) atoms. The first-order valence-electron chi connectivity index (χ1n) is 5.95. The van der Waals surface area contributed by atoms with Crippen LogP contribution in [0.5, 0.6) is 0 Å². The number of aryl methyl sites for hydroxylation is 2. The molecule has 0 saturated carbocycles. The number of carbonyl (C=O) groups is 1. The van der Waals surface area contributed by atoms with E-state index >= 15 is 0 Å². The zero-order valence-electron chi connectivity index (χ0n) is 10.2. The molecule has 1 aliphatic heterocycles. The van der Waals surface area contributed by atoms with Gasteiger partial charge < -0.3 is 4.90 Å². The minimum Gasteiger partial charge on any atom is -0.311 e. The number of nitrogens with zero attached hydrogens (tertiary/aromatic N) is 2. The van der Waals surface area contributed by atoms with Crippen LogP contribution in [-0.4, -0.2) is 12.5 Å². The van der Waals surface area contributed by atoms with Gasteiger partial charge in [-0.2, -0.15) is 5.26 Å². The number of hydrogen-bond acceptors (Lipinski definition) is 2. The molecule has 1 amide bonds. The van der Waals surface area contributed by atoms with Gasteiger partial charge >= 0.3 is 0 Å². The number of para-hydroxylation sites is 1. The summed E-state index contributed by atoms with van der Waals surface area (Å²) >= 11 is 0. The van der Waals surface area contributed by atoms with E-state index in [0.717, 1.165) is 17.7 Å². The lowest BCUT2D eigenvalue weighted by Crippen LogP contribution is -2.26. The van der Waals surface area contributed by atoms with E-state index in [9.17, 15) is 4.79 Å². The van der Waals surface area contributed by atoms with Crippen molar-refractivity contribution in [2.24, 2.45) is 5.92 Å². The second-order valence-corrected chi connectivity index (χ2v) is 4.47. The number of benzene rings is 1. The van der Waals surface area contributed by atoms with Crippen LogP contribution in [0.2, 0.25) is 0 Å². The highest BCUT2D eigenvalue weighted by Gasteiger charge is 2.32. The summed E-state index contributed by atoms with van der Waals surface area (Å²) in [4.78, 5) is 13.7. The summed E-state index contributed by atoms with van der Waals surface area (Å²) in [6, 6.07) is 8.27. The minimum absolute atomic E-state index is 0.0700. The summed E-state index contributed by atoms with van der Waals surface area (Å²) in [5.74, 6) is -0.0904. The highest BCUT2D eigenvalue weighted by Crippen LogP contribution is 2.31. The van der Waals surface area contributed by atoms with E-state index in [0.29, 0.717) is 13.0 Å². The summed E-state index contributed by atoms with van der Waals surface area (Å²) in [6.07, 6.45) is 1.26. The van der Waals surface area contributed by atoms with Gasteiger partial charge in [0.25, 0.3) is 0 Å². The molecular weight excluding hydrogens is 212 g/mol. The quantitative estimate of drug-likeness (QED) is 0.780. The Bertz CT molecular complexity index is 487. The number of nitriles is 1. The maximum absolute atomic E-state index is 11.9. The molecule has 0 aromatic heterocycles. The molecule has 0 aliphatic carbocycles. The van der Waals surface area contributed by atoms with Gasteiger partial charge in [0.05, 0.1) is 12.0 Å². The fraction of sp³-hybridized carbons (Fsp3) is 0.429. The Kier molecular flexibility index (Phi) is 3.14. The summed E-state index contributed by atoms with van der Waals surface area (Å²) in [5.41, 5.74) is 3.30. The van der Waals surface area contributed by atoms with Gasteiger partial charge in [-0.3, -0.25) is 4.79 Å². The maximum atomic E-state index is 11.9. The van der Waals surface area contributed by atoms with Crippen molar-refractivity contribution < 1.29 is 4.79 Å². The average molecular weight is 228 g/mol. The topological polar surface area (TPSA) is 44.1 Å². The fourth-order valence-corrected chi connectivity index (χ4v) is 2.40. The van der Waals surface area contributed by atoms with Crippen LogP contribution < -0.4 is 4.90 Å². The predicted octanol–water partition coefficient (Wildman–Crippen LogP) is 2.43. The molecule has 0 bridgehead atoms. The fourth-order valence-electron chi connectivity index (χ4n) is 2.40. The number of amides is 1. The van der Waals surface area contributed by atoms with Gasteiger partial charge in [0, 0.05) is 18.7 Å². The molecule has 0 N–H and O–H groups in total. The minimum atomic E-state index is -0.160. The predicted molar refractivity (Wildman–Crippen MR) is 66.6 cm³/mol. The van der Waals surface area contributed by atoms with Crippen molar-refractivity contribution in [3.05, 3.63) is 29.3 Å². The van der Waals surface area contributed by atoms with Crippen LogP contribution in [0.4, 0.5) is 5.69 Å². The molecule has 88 valence electrons. The zero-order valence-corrected chi connectivity index (χ0v) is 10.2. The monoisotopic (exact) mass is 228 g/mol. The van der Waals surface area contributed by atoms with E-state index in [1.54, 1.807) is 4.90 Å². The molecule has 0 radical (unpaired) electrons. The highest BCUT2D eigenvalue weighted by atomic mass is 16.2. The largest absolute Gasteiger partial charge is 0.311 e. The first-order chi connectivity index (χ1) is 8.17. The molecule has 1 heterocycles. The lowest BCUT2D eigenvalue weighted by molar-refractivity contribution is -0.117. The van der Waals surface area contributed by atoms with Crippen molar-refractivity contribution in [3.8, 4) is 6.07 Å². The third-order valence-corrected chi connectivity index (χ3v) is 3.28. The third kappa shape index (κ3) is 2.03. The molecule has 1 aliphatic rings. The first kappa shape index (κ1) is 11.7. The number of hydrogen-bond donors (Lipinski definition) is 0. The summed E-state index contributed by atoms with van der Waals surface area (Å²) in [6.45, 7) is 4.63. The van der Waals surface area contributed by atoms with Gasteiger partial charge in [0.2, 0.25) is 5.91 Å². The standard InChI is InChI=1S/C14H16N2O/c1-3-12-6-4-5-10(2)14(12)16-9-11(8-15)7-13(16)17/h4-6,11H,3,7,9H2,1-2H3. The van der Waals surface area contributed by atoms with E-state index < -0.39 is 0 Å². The second kappa shape index (κ2) is 4.58. The third-order valence-electron chi connectivity index (χ3n) is 3.28. The Balaban J connectivity index is 2.41. The van der Waals surface area contributed by atoms with Crippen LogP contribution in [-0.2, 0) is 11.2 Å². The Hall–Kier alpha value is -1.82. The maximum Gasteiger partial charge on any atom is 0.228 e. The molecular formula is C14H16N2O. The van der Waals surface area contributed by atoms with E-state index in [-0.39, 0.29) is 11.8 Å². The van der Waals surface area contributed by atoms with Gasteiger partial charge in [-0.15, -0.1) is 0 Å². The number of carbonyl (C=O) groups excluding carboxylic acids is 1. The van der Waals surface area contributed by atoms with Crippen LogP contribution in [0.3, 0.4) is 0 Å². The molecule has 0 spiro atoms. The SMILES string of the molecule is CCc1cccc(C)c1N1CC(C#N)CC1=O. The van der Waals surface area contributed by atoms with E-state index in [1.807, 2.05) is 19.1 Å². The summed E-state index contributed by atoms with van der Waals surface area (Å²) < 4.78 is 0. The normalized spacial score (nSPS) is 19.5. The van der Waals surface area contributed by atoms with E-state index in [2.05, 4.69) is 19.1 Å². The Labute approximate surface area is 102 Å². The molecule has 1 atom stereocenters. The van der Waals surface area contributed by atoms with Gasteiger partial charge in [0.15, 0.2) is 0 Å². The van der Waals surface area contributed by atoms with Gasteiger partial charge in [0.1, 0.15) is 0 Å². The van der Waals surface area contributed by atoms with Crippen molar-refractivity contribution in [1.29, 1.82) is 5.26 Å². The van der Waals surface area contributed by atoms with Crippen molar-refractivity contribution >= 4 is 11.6 Å². The van der Waals surface area contributed by atoms with Gasteiger partial charge in [-0.1, -0.05) is 25.1 Å². The average Bonchev–Trinajstić information content (AvgIpc) is 2.70. The summed E-state index contributed by atoms with van der Waals surface area (Å²) in [7, 11) is 0. The van der Waals surface area contributed by atoms with Crippen LogP contribution >= 0.6 is 0 Å². The van der Waals surface area contributed by atoms with E-state index in [1.165, 1.54) is 5.56 Å². The van der Waals surface area contributed by atoms with Gasteiger partial charge in [-0.05, 0) is 24.5 Å². The van der Waals surface area contributed by atoms with Crippen LogP contribution in [0.25, 0.3) is 0 Å². The number of anilines is 1. The van der Waals surface area contributed by atoms with Crippen molar-refractivity contribution in [2.45, 2.75) is 26.7 Å². The molecule has 1 unspecified atom stereocenters. The molecule has 2 rings (SSSR count). The molecule has 1 aromatic carbocycles. The first-order valence-corrected chi connectivity index (χ1v) is 5.95. The van der Waals surface area contributed by atoms with Gasteiger partial charge in [-0.25, -0.2) is 0 Å². The highest BCUT2D eigenvalue weighted by molar-refractivity contribution is 5.97. The Morgan fingerprint density at radius 3 is 2.88 bits per heavy atom. The molecule has 1 saturated heterocycles. The van der Waals surface area contributed by atoms with E-state index in [4.69, 9.17) is 5.26 Å². The van der Waals surface area contributed by atoms with Crippen LogP contribution in [0, 0.1) is 24.2 Å². The van der Waals surface area contributed by atoms with Crippen LogP contribution in [0.15, 0.2) is 18.2 Å². The number of rotatable bonds is 2. The second-order valence-electron chi connectivity index (χ2n) is 4.47. The van der Waals surface area contributed by atoms with Crippen LogP contribution in [0.1, 0.15) is 24.5 Å². The smallest absolute Gasteiger partial charge is 0.228 e. The molecule has 3 nitrogen and oxygen atoms in total. The lowest BCUT2D eigenvalue weighted by Gasteiger charge is -2.21. The molecule has 1 aromatic rings. The van der Waals surface area contributed by atoms with Crippen molar-refractivity contribution in [1.82, 2.24) is 0 Å². The van der Waals surface area contributed by atoms with Crippen molar-refractivity contribution in [3.63, 3.8) is 0 Å². The lowest BCUT2D eigenvalue weighted by atomic mass is 10.0. The Morgan fingerprint density at radius 1 is 1.53 bits per heavy atom.